The minimum atomic E-state index is -0.380. The molecule has 0 radical (unpaired) electrons. The summed E-state index contributed by atoms with van der Waals surface area (Å²) in [7, 11) is 0. The van der Waals surface area contributed by atoms with E-state index in [2.05, 4.69) is 11.9 Å². The van der Waals surface area contributed by atoms with Crippen molar-refractivity contribution in [1.29, 1.82) is 0 Å². The van der Waals surface area contributed by atoms with Crippen molar-refractivity contribution in [2.24, 2.45) is 5.73 Å². The van der Waals surface area contributed by atoms with E-state index >= 15 is 0 Å². The Morgan fingerprint density at radius 1 is 1.56 bits per heavy atom. The van der Waals surface area contributed by atoms with Crippen molar-refractivity contribution in [3.8, 4) is 0 Å². The summed E-state index contributed by atoms with van der Waals surface area (Å²) in [6, 6.07) is 5.53. The van der Waals surface area contributed by atoms with Gasteiger partial charge in [-0.2, -0.15) is 0 Å². The van der Waals surface area contributed by atoms with E-state index in [0.29, 0.717) is 5.56 Å². The fourth-order valence-corrected chi connectivity index (χ4v) is 1.47. The molecule has 0 saturated heterocycles. The van der Waals surface area contributed by atoms with E-state index in [1.165, 1.54) is 5.56 Å². The lowest BCUT2D eigenvalue weighted by Gasteiger charge is -2.08. The summed E-state index contributed by atoms with van der Waals surface area (Å²) in [6.07, 6.45) is 2.84. The fraction of sp³-hybridized carbons (Fsp3) is 0.308. The Labute approximate surface area is 96.3 Å². The molecule has 3 N–H and O–H groups in total. The van der Waals surface area contributed by atoms with Crippen LogP contribution in [-0.4, -0.2) is 12.5 Å². The molecular formula is C13H18N2O. The van der Waals surface area contributed by atoms with E-state index in [4.69, 9.17) is 5.73 Å². The third kappa shape index (κ3) is 3.51. The van der Waals surface area contributed by atoms with Gasteiger partial charge in [0.1, 0.15) is 0 Å². The lowest BCUT2D eigenvalue weighted by Crippen LogP contribution is -2.16. The summed E-state index contributed by atoms with van der Waals surface area (Å²) in [4.78, 5) is 11.0. The van der Waals surface area contributed by atoms with Crippen LogP contribution in [0.3, 0.4) is 0 Å². The van der Waals surface area contributed by atoms with Crippen LogP contribution in [0.2, 0.25) is 0 Å². The molecule has 0 unspecified atom stereocenters. The first kappa shape index (κ1) is 12.5. The predicted octanol–water partition coefficient (Wildman–Crippen LogP) is 1.76. The topological polar surface area (TPSA) is 55.1 Å². The first-order chi connectivity index (χ1) is 7.65. The summed E-state index contributed by atoms with van der Waals surface area (Å²) < 4.78 is 0. The maximum atomic E-state index is 11.0. The average Bonchev–Trinajstić information content (AvgIpc) is 2.26. The van der Waals surface area contributed by atoms with Gasteiger partial charge in [-0.3, -0.25) is 4.79 Å². The molecule has 1 aromatic carbocycles. The molecule has 1 amide bonds. The third-order valence-electron chi connectivity index (χ3n) is 2.47. The SMILES string of the molecule is C=CCCNCc1ccc(C(N)=O)cc1C. The molecule has 86 valence electrons. The van der Waals surface area contributed by atoms with Crippen LogP contribution in [0.1, 0.15) is 27.9 Å². The van der Waals surface area contributed by atoms with Gasteiger partial charge >= 0.3 is 0 Å². The number of amides is 1. The first-order valence-corrected chi connectivity index (χ1v) is 5.36. The number of carbonyl (C=O) groups is 1. The van der Waals surface area contributed by atoms with E-state index in [1.54, 1.807) is 6.07 Å². The molecule has 1 rings (SSSR count). The number of nitrogens with one attached hydrogen (secondary N) is 1. The van der Waals surface area contributed by atoms with Gasteiger partial charge in [-0.05, 0) is 43.1 Å². The van der Waals surface area contributed by atoms with Crippen LogP contribution in [0.15, 0.2) is 30.9 Å². The molecule has 0 aliphatic heterocycles. The van der Waals surface area contributed by atoms with Crippen molar-refractivity contribution in [3.63, 3.8) is 0 Å². The maximum Gasteiger partial charge on any atom is 0.248 e. The smallest absolute Gasteiger partial charge is 0.248 e. The highest BCUT2D eigenvalue weighted by molar-refractivity contribution is 5.93. The van der Waals surface area contributed by atoms with Crippen molar-refractivity contribution >= 4 is 5.91 Å². The Morgan fingerprint density at radius 3 is 2.88 bits per heavy atom. The van der Waals surface area contributed by atoms with Crippen LogP contribution in [0.5, 0.6) is 0 Å². The Balaban J connectivity index is 2.61. The lowest BCUT2D eigenvalue weighted by molar-refractivity contribution is 0.1000. The van der Waals surface area contributed by atoms with Gasteiger partial charge in [0.15, 0.2) is 0 Å². The van der Waals surface area contributed by atoms with Gasteiger partial charge in [0, 0.05) is 12.1 Å². The number of primary amides is 1. The minimum absolute atomic E-state index is 0.380. The summed E-state index contributed by atoms with van der Waals surface area (Å²) in [5.41, 5.74) is 8.04. The van der Waals surface area contributed by atoms with Gasteiger partial charge in [0.2, 0.25) is 5.91 Å². The summed E-state index contributed by atoms with van der Waals surface area (Å²) in [5.74, 6) is -0.380. The highest BCUT2D eigenvalue weighted by Crippen LogP contribution is 2.10. The van der Waals surface area contributed by atoms with Gasteiger partial charge in [0.05, 0.1) is 0 Å². The summed E-state index contributed by atoms with van der Waals surface area (Å²) >= 11 is 0. The van der Waals surface area contributed by atoms with Gasteiger partial charge in [-0.1, -0.05) is 12.1 Å². The maximum absolute atomic E-state index is 11.0. The lowest BCUT2D eigenvalue weighted by atomic mass is 10.0. The number of benzene rings is 1. The number of carbonyl (C=O) groups excluding carboxylic acids is 1. The summed E-state index contributed by atoms with van der Waals surface area (Å²) in [5, 5.41) is 3.30. The standard InChI is InChI=1S/C13H18N2O/c1-3-4-7-15-9-12-6-5-11(13(14)16)8-10(12)2/h3,5-6,8,15H,1,4,7,9H2,2H3,(H2,14,16). The molecule has 3 heteroatoms. The molecular weight excluding hydrogens is 200 g/mol. The van der Waals surface area contributed by atoms with Crippen LogP contribution in [0.25, 0.3) is 0 Å². The van der Waals surface area contributed by atoms with E-state index in [0.717, 1.165) is 25.1 Å². The van der Waals surface area contributed by atoms with Crippen molar-refractivity contribution < 1.29 is 4.79 Å². The largest absolute Gasteiger partial charge is 0.366 e. The van der Waals surface area contributed by atoms with Crippen LogP contribution in [0, 0.1) is 6.92 Å². The monoisotopic (exact) mass is 218 g/mol. The second-order valence-electron chi connectivity index (χ2n) is 3.76. The molecule has 0 aliphatic carbocycles. The quantitative estimate of drug-likeness (QED) is 0.564. The van der Waals surface area contributed by atoms with E-state index in [-0.39, 0.29) is 5.91 Å². The molecule has 1 aromatic rings. The predicted molar refractivity (Wildman–Crippen MR) is 66.2 cm³/mol. The Morgan fingerprint density at radius 2 is 2.31 bits per heavy atom. The van der Waals surface area contributed by atoms with Crippen molar-refractivity contribution in [3.05, 3.63) is 47.5 Å². The number of rotatable bonds is 6. The highest BCUT2D eigenvalue weighted by atomic mass is 16.1. The van der Waals surface area contributed by atoms with Crippen molar-refractivity contribution in [2.75, 3.05) is 6.54 Å². The molecule has 0 aromatic heterocycles. The van der Waals surface area contributed by atoms with Gasteiger partial charge in [-0.25, -0.2) is 0 Å². The zero-order valence-corrected chi connectivity index (χ0v) is 9.62. The minimum Gasteiger partial charge on any atom is -0.366 e. The Hall–Kier alpha value is -1.61. The molecule has 3 nitrogen and oxygen atoms in total. The van der Waals surface area contributed by atoms with Gasteiger partial charge < -0.3 is 11.1 Å². The molecule has 0 bridgehead atoms. The second-order valence-corrected chi connectivity index (χ2v) is 3.76. The van der Waals surface area contributed by atoms with Crippen LogP contribution in [0.4, 0.5) is 0 Å². The van der Waals surface area contributed by atoms with E-state index in [1.807, 2.05) is 25.1 Å². The molecule has 0 fully saturated rings. The van der Waals surface area contributed by atoms with Crippen LogP contribution >= 0.6 is 0 Å². The van der Waals surface area contributed by atoms with Gasteiger partial charge in [-0.15, -0.1) is 6.58 Å². The number of aryl methyl sites for hydroxylation is 1. The van der Waals surface area contributed by atoms with E-state index in [9.17, 15) is 4.79 Å². The fourth-order valence-electron chi connectivity index (χ4n) is 1.47. The molecule has 0 spiro atoms. The first-order valence-electron chi connectivity index (χ1n) is 5.36. The van der Waals surface area contributed by atoms with Crippen LogP contribution in [-0.2, 0) is 6.54 Å². The third-order valence-corrected chi connectivity index (χ3v) is 2.47. The molecule has 0 heterocycles. The number of nitrogens with two attached hydrogens (primary N) is 1. The number of hydrogen-bond acceptors (Lipinski definition) is 2. The zero-order chi connectivity index (χ0) is 12.0. The summed E-state index contributed by atoms with van der Waals surface area (Å²) in [6.45, 7) is 7.37. The average molecular weight is 218 g/mol. The van der Waals surface area contributed by atoms with Gasteiger partial charge in [0.25, 0.3) is 0 Å². The molecule has 16 heavy (non-hydrogen) atoms. The molecule has 0 saturated carbocycles. The highest BCUT2D eigenvalue weighted by Gasteiger charge is 2.03. The van der Waals surface area contributed by atoms with E-state index < -0.39 is 0 Å². The van der Waals surface area contributed by atoms with Crippen molar-refractivity contribution in [1.82, 2.24) is 5.32 Å². The normalized spacial score (nSPS) is 10.1. The second kappa shape index (κ2) is 6.08. The molecule has 0 aliphatic rings. The Kier molecular flexibility index (Phi) is 4.73. The molecule has 0 atom stereocenters. The van der Waals surface area contributed by atoms with Crippen molar-refractivity contribution in [2.45, 2.75) is 19.9 Å². The number of hydrogen-bond donors (Lipinski definition) is 2. The van der Waals surface area contributed by atoms with Crippen LogP contribution < -0.4 is 11.1 Å². The Bertz CT molecular complexity index is 386. The zero-order valence-electron chi connectivity index (χ0n) is 9.62.